The van der Waals surface area contributed by atoms with E-state index < -0.39 is 0 Å². The average molecular weight is 681 g/mol. The molecular weight excluding hydrogens is 653 g/mol. The van der Waals surface area contributed by atoms with Gasteiger partial charge in [0.25, 0.3) is 0 Å². The Morgan fingerprint density at radius 2 is 0.942 bits per heavy atom. The van der Waals surface area contributed by atoms with Gasteiger partial charge in [-0.3, -0.25) is 4.57 Å². The molecule has 0 fully saturated rings. The van der Waals surface area contributed by atoms with Crippen molar-refractivity contribution in [1.82, 2.24) is 19.5 Å². The molecule has 0 radical (unpaired) electrons. The number of aromatic nitrogens is 4. The van der Waals surface area contributed by atoms with Crippen molar-refractivity contribution in [2.75, 3.05) is 0 Å². The quantitative estimate of drug-likeness (QED) is 0.174. The highest BCUT2D eigenvalue weighted by atomic mass is 32.1. The number of fused-ring (bicyclic) bond motifs is 12. The van der Waals surface area contributed by atoms with Crippen LogP contribution in [0.4, 0.5) is 0 Å². The summed E-state index contributed by atoms with van der Waals surface area (Å²) in [7, 11) is 0. The van der Waals surface area contributed by atoms with E-state index >= 15 is 0 Å². The van der Waals surface area contributed by atoms with E-state index in [1.165, 1.54) is 52.5 Å². The van der Waals surface area contributed by atoms with E-state index in [-0.39, 0.29) is 0 Å². The lowest BCUT2D eigenvalue weighted by atomic mass is 9.96. The summed E-state index contributed by atoms with van der Waals surface area (Å²) in [6, 6.07) is 60.0. The number of rotatable bonds is 4. The van der Waals surface area contributed by atoms with Crippen molar-refractivity contribution in [3.63, 3.8) is 0 Å². The molecule has 0 aliphatic rings. The van der Waals surface area contributed by atoms with E-state index in [1.807, 2.05) is 35.6 Å². The number of hydrogen-bond acceptors (Lipinski definition) is 4. The fourth-order valence-electron chi connectivity index (χ4n) is 7.94. The third-order valence-corrected chi connectivity index (χ3v) is 11.4. The molecule has 0 saturated heterocycles. The summed E-state index contributed by atoms with van der Waals surface area (Å²) in [5.74, 6) is 1.86. The zero-order valence-corrected chi connectivity index (χ0v) is 28.7. The summed E-state index contributed by atoms with van der Waals surface area (Å²) in [6.45, 7) is 0. The first-order valence-electron chi connectivity index (χ1n) is 17.5. The van der Waals surface area contributed by atoms with Gasteiger partial charge in [-0.15, -0.1) is 11.3 Å². The van der Waals surface area contributed by atoms with Gasteiger partial charge in [0.15, 0.2) is 11.6 Å². The van der Waals surface area contributed by atoms with Gasteiger partial charge in [-0.2, -0.15) is 9.97 Å². The van der Waals surface area contributed by atoms with Gasteiger partial charge in [0.05, 0.1) is 11.0 Å². The zero-order chi connectivity index (χ0) is 34.2. The van der Waals surface area contributed by atoms with E-state index in [9.17, 15) is 0 Å². The molecule has 5 heteroatoms. The number of thiophene rings is 1. The first-order chi connectivity index (χ1) is 25.8. The molecule has 0 amide bonds. The predicted octanol–water partition coefficient (Wildman–Crippen LogP) is 12.6. The van der Waals surface area contributed by atoms with E-state index in [4.69, 9.17) is 15.0 Å². The van der Waals surface area contributed by atoms with Gasteiger partial charge in [0.1, 0.15) is 0 Å². The molecule has 3 aromatic heterocycles. The summed E-state index contributed by atoms with van der Waals surface area (Å²) >= 11 is 1.88. The number of hydrogen-bond donors (Lipinski definition) is 0. The van der Waals surface area contributed by atoms with E-state index in [0.717, 1.165) is 33.3 Å². The Hall–Kier alpha value is -6.69. The minimum absolute atomic E-state index is 0.592. The van der Waals surface area contributed by atoms with Crippen LogP contribution in [0.1, 0.15) is 0 Å². The molecule has 52 heavy (non-hydrogen) atoms. The smallest absolute Gasteiger partial charge is 0.238 e. The molecule has 0 spiro atoms. The highest BCUT2D eigenvalue weighted by Crippen LogP contribution is 2.48. The van der Waals surface area contributed by atoms with Gasteiger partial charge >= 0.3 is 0 Å². The van der Waals surface area contributed by atoms with Crippen molar-refractivity contribution >= 4 is 74.9 Å². The molecule has 0 unspecified atom stereocenters. The summed E-state index contributed by atoms with van der Waals surface area (Å²) in [4.78, 5) is 15.6. The lowest BCUT2D eigenvalue weighted by molar-refractivity contribution is 0.954. The third kappa shape index (κ3) is 4.36. The first-order valence-corrected chi connectivity index (χ1v) is 18.3. The highest BCUT2D eigenvalue weighted by molar-refractivity contribution is 7.27. The Bertz CT molecular complexity index is 3180. The van der Waals surface area contributed by atoms with Crippen LogP contribution in [0.25, 0.3) is 103 Å². The Balaban J connectivity index is 1.24. The van der Waals surface area contributed by atoms with Crippen LogP contribution in [-0.2, 0) is 0 Å². The Labute approximate surface area is 302 Å². The second-order valence-corrected chi connectivity index (χ2v) is 14.2. The summed E-state index contributed by atoms with van der Waals surface area (Å²) < 4.78 is 4.82. The van der Waals surface area contributed by atoms with Crippen LogP contribution in [0.5, 0.6) is 0 Å². The first kappa shape index (κ1) is 29.1. The average Bonchev–Trinajstić information content (AvgIpc) is 3.78. The van der Waals surface area contributed by atoms with Crippen LogP contribution >= 0.6 is 11.3 Å². The van der Waals surface area contributed by atoms with Crippen LogP contribution in [0, 0.1) is 0 Å². The van der Waals surface area contributed by atoms with Crippen molar-refractivity contribution in [1.29, 1.82) is 0 Å². The Morgan fingerprint density at radius 3 is 1.71 bits per heavy atom. The molecule has 4 nitrogen and oxygen atoms in total. The van der Waals surface area contributed by atoms with E-state index in [0.29, 0.717) is 17.6 Å². The second-order valence-electron chi connectivity index (χ2n) is 13.2. The van der Waals surface area contributed by atoms with E-state index in [1.54, 1.807) is 0 Å². The number of benzene rings is 8. The van der Waals surface area contributed by atoms with Gasteiger partial charge in [0.2, 0.25) is 5.95 Å². The molecule has 0 N–H and O–H groups in total. The van der Waals surface area contributed by atoms with Crippen molar-refractivity contribution in [3.05, 3.63) is 170 Å². The minimum Gasteiger partial charge on any atom is -0.278 e. The topological polar surface area (TPSA) is 43.6 Å². The second kappa shape index (κ2) is 11.4. The summed E-state index contributed by atoms with van der Waals surface area (Å²) in [6.07, 6.45) is 0. The van der Waals surface area contributed by atoms with E-state index in [2.05, 4.69) is 150 Å². The zero-order valence-electron chi connectivity index (χ0n) is 27.9. The lowest BCUT2D eigenvalue weighted by Crippen LogP contribution is -2.06. The van der Waals surface area contributed by atoms with Crippen LogP contribution in [0.3, 0.4) is 0 Å². The van der Waals surface area contributed by atoms with Gasteiger partial charge in [-0.1, -0.05) is 146 Å². The molecule has 3 heterocycles. The largest absolute Gasteiger partial charge is 0.278 e. The van der Waals surface area contributed by atoms with Gasteiger partial charge < -0.3 is 0 Å². The SMILES string of the molecule is c1ccc(-c2cccc(-c3nc(-c4ccccc4)nc(-n4c5ccccc5c5c6c(ccc54)sc4c5ccccc5c5ccccc5c46)n3)c2)cc1. The number of para-hydroxylation sites is 1. The normalized spacial score (nSPS) is 11.8. The molecule has 8 aromatic carbocycles. The third-order valence-electron chi connectivity index (χ3n) is 10.2. The Morgan fingerprint density at radius 1 is 0.365 bits per heavy atom. The summed E-state index contributed by atoms with van der Waals surface area (Å²) in [5.41, 5.74) is 6.27. The van der Waals surface area contributed by atoms with Crippen molar-refractivity contribution in [2.45, 2.75) is 0 Å². The fourth-order valence-corrected chi connectivity index (χ4v) is 9.21. The van der Waals surface area contributed by atoms with Crippen molar-refractivity contribution in [3.8, 4) is 39.9 Å². The monoisotopic (exact) mass is 680 g/mol. The van der Waals surface area contributed by atoms with Crippen molar-refractivity contribution in [2.24, 2.45) is 0 Å². The maximum atomic E-state index is 5.27. The Kier molecular flexibility index (Phi) is 6.39. The maximum Gasteiger partial charge on any atom is 0.238 e. The predicted molar refractivity (Wildman–Crippen MR) is 218 cm³/mol. The number of nitrogens with zero attached hydrogens (tertiary/aromatic N) is 4. The van der Waals surface area contributed by atoms with Gasteiger partial charge in [-0.25, -0.2) is 4.98 Å². The molecule has 242 valence electrons. The molecule has 0 atom stereocenters. The maximum absolute atomic E-state index is 5.27. The standard InChI is InChI=1S/C47H28N4S/c1-3-14-29(15-4-1)31-18-13-19-32(28-31)46-48-45(30-16-5-2-6-17-30)49-47(50-46)51-38-25-12-11-24-37(38)41-39(51)26-27-40-43(41)42-35-22-9-7-20-33(35)34-21-8-10-23-36(34)44(42)52-40/h1-28H. The van der Waals surface area contributed by atoms with Crippen molar-refractivity contribution < 1.29 is 0 Å². The molecule has 0 aliphatic carbocycles. The van der Waals surface area contributed by atoms with Gasteiger partial charge in [-0.05, 0) is 51.6 Å². The molecule has 0 aliphatic heterocycles. The summed E-state index contributed by atoms with van der Waals surface area (Å²) in [5, 5.41) is 10.1. The molecule has 11 rings (SSSR count). The molecule has 11 aromatic rings. The van der Waals surface area contributed by atoms with Crippen LogP contribution in [-0.4, -0.2) is 19.5 Å². The minimum atomic E-state index is 0.592. The van der Waals surface area contributed by atoms with Crippen LogP contribution < -0.4 is 0 Å². The molecule has 0 bridgehead atoms. The lowest BCUT2D eigenvalue weighted by Gasteiger charge is -2.11. The molecule has 0 saturated carbocycles. The van der Waals surface area contributed by atoms with Crippen LogP contribution in [0.15, 0.2) is 170 Å². The van der Waals surface area contributed by atoms with Gasteiger partial charge in [0, 0.05) is 47.5 Å². The highest BCUT2D eigenvalue weighted by Gasteiger charge is 2.22. The van der Waals surface area contributed by atoms with Crippen LogP contribution in [0.2, 0.25) is 0 Å². The fraction of sp³-hybridized carbons (Fsp3) is 0. The molecular formula is C47H28N4S.